The van der Waals surface area contributed by atoms with Gasteiger partial charge in [0.2, 0.25) is 0 Å². The Morgan fingerprint density at radius 1 is 1.30 bits per heavy atom. The number of hydrogen-bond acceptors (Lipinski definition) is 4. The third kappa shape index (κ3) is 2.80. The molecule has 0 saturated heterocycles. The number of carbonyl (C=O) groups is 1. The topological polar surface area (TPSA) is 43.1 Å². The Labute approximate surface area is 122 Å². The second-order valence-electron chi connectivity index (χ2n) is 5.25. The molecule has 2 aromatic rings. The van der Waals surface area contributed by atoms with Gasteiger partial charge in [-0.15, -0.1) is 11.8 Å². The Hall–Kier alpha value is -1.55. The fourth-order valence-corrected chi connectivity index (χ4v) is 3.21. The summed E-state index contributed by atoms with van der Waals surface area (Å²) in [5, 5.41) is 3.96. The van der Waals surface area contributed by atoms with E-state index in [1.54, 1.807) is 11.8 Å². The Kier molecular flexibility index (Phi) is 3.66. The number of benzene rings is 1. The van der Waals surface area contributed by atoms with Crippen LogP contribution in [0.2, 0.25) is 0 Å². The van der Waals surface area contributed by atoms with Crippen molar-refractivity contribution in [3.05, 3.63) is 46.8 Å². The number of aromatic nitrogens is 1. The highest BCUT2D eigenvalue weighted by atomic mass is 32.2. The summed E-state index contributed by atoms with van der Waals surface area (Å²) in [6.45, 7) is 3.90. The Balaban J connectivity index is 1.65. The summed E-state index contributed by atoms with van der Waals surface area (Å²) in [6.07, 6.45) is 2.11. The van der Waals surface area contributed by atoms with E-state index in [9.17, 15) is 4.79 Å². The molecule has 1 saturated carbocycles. The molecule has 104 valence electrons. The fraction of sp³-hybridized carbons (Fsp3) is 0.375. The molecule has 0 bridgehead atoms. The van der Waals surface area contributed by atoms with Gasteiger partial charge in [-0.2, -0.15) is 0 Å². The third-order valence-corrected chi connectivity index (χ3v) is 4.69. The monoisotopic (exact) mass is 287 g/mol. The molecule has 3 rings (SSSR count). The van der Waals surface area contributed by atoms with E-state index in [1.165, 1.54) is 0 Å². The molecule has 1 aromatic heterocycles. The van der Waals surface area contributed by atoms with Gasteiger partial charge in [-0.1, -0.05) is 17.3 Å². The maximum atomic E-state index is 11.9. The van der Waals surface area contributed by atoms with E-state index in [0.29, 0.717) is 5.78 Å². The van der Waals surface area contributed by atoms with Crippen LogP contribution in [0.3, 0.4) is 0 Å². The van der Waals surface area contributed by atoms with E-state index in [-0.39, 0.29) is 5.92 Å². The number of carbonyl (C=O) groups excluding carboxylic acids is 1. The lowest BCUT2D eigenvalue weighted by atomic mass is 10.1. The standard InChI is InChI=1S/C16H17NO2S/c1-10-15(11(2)19-17-10)9-20-14-7-5-13(6-8-14)16(18)12-3-4-12/h5-8,12H,3-4,9H2,1-2H3. The molecule has 1 aliphatic rings. The molecular formula is C16H17NO2S. The van der Waals surface area contributed by atoms with E-state index in [1.807, 2.05) is 38.1 Å². The van der Waals surface area contributed by atoms with Crippen molar-refractivity contribution < 1.29 is 9.32 Å². The summed E-state index contributed by atoms with van der Waals surface area (Å²) in [6, 6.07) is 7.93. The number of rotatable bonds is 5. The molecule has 3 nitrogen and oxygen atoms in total. The Bertz CT molecular complexity index is 607. The largest absolute Gasteiger partial charge is 0.361 e. The van der Waals surface area contributed by atoms with Crippen LogP contribution in [0.4, 0.5) is 0 Å². The molecule has 0 unspecified atom stereocenters. The maximum absolute atomic E-state index is 11.9. The van der Waals surface area contributed by atoms with Gasteiger partial charge >= 0.3 is 0 Å². The zero-order chi connectivity index (χ0) is 14.1. The minimum absolute atomic E-state index is 0.288. The molecule has 20 heavy (non-hydrogen) atoms. The van der Waals surface area contributed by atoms with Crippen LogP contribution in [0.1, 0.15) is 40.2 Å². The van der Waals surface area contributed by atoms with Gasteiger partial charge in [0, 0.05) is 27.7 Å². The molecule has 4 heteroatoms. The van der Waals surface area contributed by atoms with Crippen molar-refractivity contribution in [1.29, 1.82) is 0 Å². The maximum Gasteiger partial charge on any atom is 0.165 e. The van der Waals surface area contributed by atoms with Gasteiger partial charge in [0.1, 0.15) is 5.76 Å². The van der Waals surface area contributed by atoms with Crippen molar-refractivity contribution in [3.8, 4) is 0 Å². The van der Waals surface area contributed by atoms with Crippen molar-refractivity contribution in [2.24, 2.45) is 5.92 Å². The Morgan fingerprint density at radius 3 is 2.55 bits per heavy atom. The first-order valence-electron chi connectivity index (χ1n) is 6.84. The molecule has 0 radical (unpaired) electrons. The minimum Gasteiger partial charge on any atom is -0.361 e. The number of nitrogens with zero attached hydrogens (tertiary/aromatic N) is 1. The smallest absolute Gasteiger partial charge is 0.165 e. The van der Waals surface area contributed by atoms with Crippen molar-refractivity contribution in [3.63, 3.8) is 0 Å². The first-order chi connectivity index (χ1) is 9.65. The Morgan fingerprint density at radius 2 is 2.00 bits per heavy atom. The van der Waals surface area contributed by atoms with E-state index < -0.39 is 0 Å². The molecular weight excluding hydrogens is 270 g/mol. The molecule has 1 aliphatic carbocycles. The summed E-state index contributed by atoms with van der Waals surface area (Å²) >= 11 is 1.74. The van der Waals surface area contributed by atoms with Crippen LogP contribution in [0.25, 0.3) is 0 Å². The highest BCUT2D eigenvalue weighted by Gasteiger charge is 2.30. The molecule has 1 heterocycles. The minimum atomic E-state index is 0.288. The van der Waals surface area contributed by atoms with Crippen molar-refractivity contribution in [2.45, 2.75) is 37.3 Å². The second-order valence-corrected chi connectivity index (χ2v) is 6.30. The molecule has 0 atom stereocenters. The fourth-order valence-electron chi connectivity index (χ4n) is 2.16. The quantitative estimate of drug-likeness (QED) is 0.611. The highest BCUT2D eigenvalue weighted by Crippen LogP contribution is 2.33. The van der Waals surface area contributed by atoms with E-state index in [0.717, 1.165) is 46.1 Å². The van der Waals surface area contributed by atoms with Gasteiger partial charge in [0.05, 0.1) is 5.69 Å². The molecule has 0 N–H and O–H groups in total. The normalized spacial score (nSPS) is 14.5. The predicted molar refractivity (Wildman–Crippen MR) is 79.0 cm³/mol. The van der Waals surface area contributed by atoms with Crippen LogP contribution in [-0.4, -0.2) is 10.9 Å². The van der Waals surface area contributed by atoms with Crippen LogP contribution in [0.5, 0.6) is 0 Å². The lowest BCUT2D eigenvalue weighted by Crippen LogP contribution is -2.00. The number of hydrogen-bond donors (Lipinski definition) is 0. The van der Waals surface area contributed by atoms with Crippen LogP contribution < -0.4 is 0 Å². The first kappa shape index (κ1) is 13.4. The number of ketones is 1. The zero-order valence-electron chi connectivity index (χ0n) is 11.7. The molecule has 0 aliphatic heterocycles. The summed E-state index contributed by atoms with van der Waals surface area (Å²) < 4.78 is 5.16. The van der Waals surface area contributed by atoms with Crippen LogP contribution in [-0.2, 0) is 5.75 Å². The molecule has 1 fully saturated rings. The van der Waals surface area contributed by atoms with Crippen LogP contribution in [0, 0.1) is 19.8 Å². The van der Waals surface area contributed by atoms with E-state index in [2.05, 4.69) is 5.16 Å². The number of Topliss-reactive ketones (excluding diaryl/α,β-unsaturated/α-hetero) is 1. The molecule has 0 spiro atoms. The average molecular weight is 287 g/mol. The van der Waals surface area contributed by atoms with Crippen LogP contribution in [0.15, 0.2) is 33.7 Å². The van der Waals surface area contributed by atoms with Crippen molar-refractivity contribution in [1.82, 2.24) is 5.16 Å². The van der Waals surface area contributed by atoms with Gasteiger partial charge < -0.3 is 4.52 Å². The van der Waals surface area contributed by atoms with Gasteiger partial charge in [0.15, 0.2) is 5.78 Å². The third-order valence-electron chi connectivity index (χ3n) is 3.65. The van der Waals surface area contributed by atoms with Crippen molar-refractivity contribution >= 4 is 17.5 Å². The lowest BCUT2D eigenvalue weighted by Gasteiger charge is -2.03. The second kappa shape index (κ2) is 5.44. The van der Waals surface area contributed by atoms with Gasteiger partial charge in [-0.05, 0) is 38.8 Å². The lowest BCUT2D eigenvalue weighted by molar-refractivity contribution is 0.0967. The summed E-state index contributed by atoms with van der Waals surface area (Å²) in [7, 11) is 0. The highest BCUT2D eigenvalue weighted by molar-refractivity contribution is 7.98. The summed E-state index contributed by atoms with van der Waals surface area (Å²) in [5.74, 6) is 2.32. The summed E-state index contributed by atoms with van der Waals surface area (Å²) in [4.78, 5) is 13.1. The van der Waals surface area contributed by atoms with Crippen LogP contribution >= 0.6 is 11.8 Å². The van der Waals surface area contributed by atoms with Gasteiger partial charge in [0.25, 0.3) is 0 Å². The van der Waals surface area contributed by atoms with E-state index >= 15 is 0 Å². The molecule has 1 aromatic carbocycles. The van der Waals surface area contributed by atoms with Crippen molar-refractivity contribution in [2.75, 3.05) is 0 Å². The van der Waals surface area contributed by atoms with Gasteiger partial charge in [-0.25, -0.2) is 0 Å². The molecule has 0 amide bonds. The predicted octanol–water partition coefficient (Wildman–Crippen LogP) is 4.18. The SMILES string of the molecule is Cc1noc(C)c1CSc1ccc(C(=O)C2CC2)cc1. The number of aryl methyl sites for hydroxylation is 2. The van der Waals surface area contributed by atoms with Gasteiger partial charge in [-0.3, -0.25) is 4.79 Å². The zero-order valence-corrected chi connectivity index (χ0v) is 12.5. The summed E-state index contributed by atoms with van der Waals surface area (Å²) in [5.41, 5.74) is 2.96. The number of thioether (sulfide) groups is 1. The first-order valence-corrected chi connectivity index (χ1v) is 7.82. The van der Waals surface area contributed by atoms with E-state index in [4.69, 9.17) is 4.52 Å². The average Bonchev–Trinajstić information content (AvgIpc) is 3.25.